The van der Waals surface area contributed by atoms with Gasteiger partial charge in [0.25, 0.3) is 0 Å². The smallest absolute Gasteiger partial charge is 0.0795 e. The highest BCUT2D eigenvalue weighted by molar-refractivity contribution is 7.99. The van der Waals surface area contributed by atoms with Crippen LogP contribution in [0.3, 0.4) is 0 Å². The van der Waals surface area contributed by atoms with Gasteiger partial charge in [-0.25, -0.2) is 0 Å². The summed E-state index contributed by atoms with van der Waals surface area (Å²) < 4.78 is 6.12. The molecule has 0 bridgehead atoms. The van der Waals surface area contributed by atoms with Crippen LogP contribution >= 0.6 is 11.8 Å². The highest BCUT2D eigenvalue weighted by Crippen LogP contribution is 2.38. The van der Waals surface area contributed by atoms with E-state index < -0.39 is 0 Å². The Balaban J connectivity index is 1.51. The van der Waals surface area contributed by atoms with E-state index in [1.807, 2.05) is 0 Å². The Hall–Kier alpha value is 0.270. The van der Waals surface area contributed by atoms with Crippen molar-refractivity contribution >= 4 is 11.8 Å². The summed E-state index contributed by atoms with van der Waals surface area (Å²) in [5.74, 6) is 3.44. The summed E-state index contributed by atoms with van der Waals surface area (Å²) in [5.41, 5.74) is 0.229. The quantitative estimate of drug-likeness (QED) is 0.855. The van der Waals surface area contributed by atoms with E-state index in [1.54, 1.807) is 0 Å². The van der Waals surface area contributed by atoms with Crippen molar-refractivity contribution in [1.82, 2.24) is 5.32 Å². The van der Waals surface area contributed by atoms with Gasteiger partial charge in [0, 0.05) is 24.4 Å². The van der Waals surface area contributed by atoms with E-state index in [4.69, 9.17) is 4.74 Å². The first-order valence-electron chi connectivity index (χ1n) is 8.25. The molecular formula is C16H29NOS. The number of thioether (sulfide) groups is 1. The molecule has 3 fully saturated rings. The van der Waals surface area contributed by atoms with Gasteiger partial charge in [-0.15, -0.1) is 0 Å². The minimum absolute atomic E-state index is 0.229. The molecule has 2 heterocycles. The molecule has 110 valence electrons. The van der Waals surface area contributed by atoms with Crippen molar-refractivity contribution in [2.24, 2.45) is 5.92 Å². The van der Waals surface area contributed by atoms with Crippen molar-refractivity contribution in [3.8, 4) is 0 Å². The molecule has 1 N–H and O–H groups in total. The maximum absolute atomic E-state index is 6.12. The number of rotatable bonds is 3. The second kappa shape index (κ2) is 6.36. The Morgan fingerprint density at radius 2 is 2.05 bits per heavy atom. The molecule has 2 aliphatic heterocycles. The van der Waals surface area contributed by atoms with Gasteiger partial charge in [-0.1, -0.05) is 19.3 Å². The van der Waals surface area contributed by atoms with Gasteiger partial charge in [-0.3, -0.25) is 0 Å². The lowest BCUT2D eigenvalue weighted by molar-refractivity contribution is -0.0720. The Morgan fingerprint density at radius 3 is 2.79 bits per heavy atom. The van der Waals surface area contributed by atoms with E-state index in [-0.39, 0.29) is 5.60 Å². The Labute approximate surface area is 122 Å². The van der Waals surface area contributed by atoms with Crippen LogP contribution in [0.25, 0.3) is 0 Å². The SMILES string of the molecule is CC(NC1CCOC2(CCSC2)C1)C1CCCCC1. The van der Waals surface area contributed by atoms with Crippen molar-refractivity contribution in [2.45, 2.75) is 76.0 Å². The zero-order valence-corrected chi connectivity index (χ0v) is 13.1. The van der Waals surface area contributed by atoms with Crippen molar-refractivity contribution in [1.29, 1.82) is 0 Å². The molecule has 0 aromatic rings. The first-order valence-corrected chi connectivity index (χ1v) is 9.41. The Bertz CT molecular complexity index is 284. The van der Waals surface area contributed by atoms with Crippen LogP contribution in [-0.4, -0.2) is 35.8 Å². The normalized spacial score (nSPS) is 38.7. The first-order chi connectivity index (χ1) is 9.27. The summed E-state index contributed by atoms with van der Waals surface area (Å²) in [6, 6.07) is 1.40. The third kappa shape index (κ3) is 3.48. The zero-order chi connectivity index (χ0) is 13.1. The third-order valence-corrected chi connectivity index (χ3v) is 6.64. The van der Waals surface area contributed by atoms with Gasteiger partial charge < -0.3 is 10.1 Å². The zero-order valence-electron chi connectivity index (χ0n) is 12.3. The number of nitrogens with one attached hydrogen (secondary N) is 1. The molecule has 19 heavy (non-hydrogen) atoms. The van der Waals surface area contributed by atoms with Gasteiger partial charge in [0.05, 0.1) is 5.60 Å². The first kappa shape index (κ1) is 14.2. The van der Waals surface area contributed by atoms with E-state index in [2.05, 4.69) is 24.0 Å². The highest BCUT2D eigenvalue weighted by Gasteiger charge is 2.40. The predicted molar refractivity (Wildman–Crippen MR) is 82.8 cm³/mol. The van der Waals surface area contributed by atoms with Crippen LogP contribution in [0.1, 0.15) is 58.3 Å². The second-order valence-electron chi connectivity index (χ2n) is 6.88. The average Bonchev–Trinajstić information content (AvgIpc) is 2.88. The van der Waals surface area contributed by atoms with Crippen LogP contribution in [0.15, 0.2) is 0 Å². The fourth-order valence-corrected chi connectivity index (χ4v) is 5.55. The molecule has 1 spiro atoms. The number of ether oxygens (including phenoxy) is 1. The van der Waals surface area contributed by atoms with Gasteiger partial charge >= 0.3 is 0 Å². The molecule has 3 unspecified atom stereocenters. The maximum atomic E-state index is 6.12. The maximum Gasteiger partial charge on any atom is 0.0795 e. The van der Waals surface area contributed by atoms with Gasteiger partial charge in [-0.2, -0.15) is 11.8 Å². The molecule has 0 aromatic carbocycles. The van der Waals surface area contributed by atoms with Gasteiger partial charge in [0.2, 0.25) is 0 Å². The predicted octanol–water partition coefficient (Wildman–Crippen LogP) is 3.60. The molecule has 3 heteroatoms. The minimum Gasteiger partial charge on any atom is -0.374 e. The minimum atomic E-state index is 0.229. The van der Waals surface area contributed by atoms with Crippen LogP contribution in [0.4, 0.5) is 0 Å². The van der Waals surface area contributed by atoms with E-state index in [9.17, 15) is 0 Å². The average molecular weight is 283 g/mol. The van der Waals surface area contributed by atoms with E-state index >= 15 is 0 Å². The molecule has 1 aliphatic carbocycles. The topological polar surface area (TPSA) is 21.3 Å². The summed E-state index contributed by atoms with van der Waals surface area (Å²) >= 11 is 2.08. The molecule has 3 atom stereocenters. The summed E-state index contributed by atoms with van der Waals surface area (Å²) in [5, 5.41) is 3.95. The third-order valence-electron chi connectivity index (χ3n) is 5.42. The summed E-state index contributed by atoms with van der Waals surface area (Å²) in [7, 11) is 0. The standard InChI is InChI=1S/C16H29NOS/c1-13(14-5-3-2-4-6-14)17-15-7-9-18-16(11-15)8-10-19-12-16/h13-15,17H,2-12H2,1H3. The monoisotopic (exact) mass is 283 g/mol. The number of hydrogen-bond acceptors (Lipinski definition) is 3. The molecule has 2 nitrogen and oxygen atoms in total. The van der Waals surface area contributed by atoms with Gasteiger partial charge in [0.15, 0.2) is 0 Å². The molecule has 0 amide bonds. The largest absolute Gasteiger partial charge is 0.374 e. The molecule has 0 radical (unpaired) electrons. The summed E-state index contributed by atoms with van der Waals surface area (Å²) in [6.45, 7) is 3.39. The van der Waals surface area contributed by atoms with E-state index in [0.717, 1.165) is 12.5 Å². The van der Waals surface area contributed by atoms with E-state index in [1.165, 1.54) is 62.9 Å². The van der Waals surface area contributed by atoms with Crippen LogP contribution in [0.5, 0.6) is 0 Å². The van der Waals surface area contributed by atoms with Gasteiger partial charge in [0.1, 0.15) is 0 Å². The van der Waals surface area contributed by atoms with Crippen LogP contribution in [0, 0.1) is 5.92 Å². The molecule has 0 aromatic heterocycles. The second-order valence-corrected chi connectivity index (χ2v) is 7.98. The summed E-state index contributed by atoms with van der Waals surface area (Å²) in [4.78, 5) is 0. The van der Waals surface area contributed by atoms with Crippen molar-refractivity contribution in [2.75, 3.05) is 18.1 Å². The van der Waals surface area contributed by atoms with Crippen molar-refractivity contribution in [3.05, 3.63) is 0 Å². The highest BCUT2D eigenvalue weighted by atomic mass is 32.2. The molecular weight excluding hydrogens is 254 g/mol. The van der Waals surface area contributed by atoms with E-state index in [0.29, 0.717) is 12.1 Å². The lowest BCUT2D eigenvalue weighted by atomic mass is 9.83. The Kier molecular flexibility index (Phi) is 4.76. The lowest BCUT2D eigenvalue weighted by Crippen LogP contribution is -2.50. The summed E-state index contributed by atoms with van der Waals surface area (Å²) in [6.07, 6.45) is 11.0. The fraction of sp³-hybridized carbons (Fsp3) is 1.00. The molecule has 3 aliphatic rings. The fourth-order valence-electron chi connectivity index (χ4n) is 4.18. The molecule has 3 rings (SSSR count). The Morgan fingerprint density at radius 1 is 1.21 bits per heavy atom. The van der Waals surface area contributed by atoms with Crippen LogP contribution in [0.2, 0.25) is 0 Å². The molecule has 2 saturated heterocycles. The van der Waals surface area contributed by atoms with Gasteiger partial charge in [-0.05, 0) is 50.7 Å². The van der Waals surface area contributed by atoms with Crippen molar-refractivity contribution in [3.63, 3.8) is 0 Å². The molecule has 1 saturated carbocycles. The van der Waals surface area contributed by atoms with Crippen LogP contribution < -0.4 is 5.32 Å². The number of hydrogen-bond donors (Lipinski definition) is 1. The van der Waals surface area contributed by atoms with Crippen molar-refractivity contribution < 1.29 is 4.74 Å². The van der Waals surface area contributed by atoms with Crippen LogP contribution in [-0.2, 0) is 4.74 Å². The lowest BCUT2D eigenvalue weighted by Gasteiger charge is -2.40.